The van der Waals surface area contributed by atoms with E-state index >= 15 is 0 Å². The molecule has 0 radical (unpaired) electrons. The molecule has 0 spiro atoms. The first-order valence-corrected chi connectivity index (χ1v) is 12.6. The van der Waals surface area contributed by atoms with Crippen molar-refractivity contribution in [2.24, 2.45) is 10.9 Å². The number of likely N-dealkylation sites (tertiary alicyclic amines) is 1. The molecule has 0 bridgehead atoms. The number of rotatable bonds is 8. The molecule has 0 aliphatic carbocycles. The molecular weight excluding hydrogens is 450 g/mol. The third kappa shape index (κ3) is 6.35. The van der Waals surface area contributed by atoms with Gasteiger partial charge < -0.3 is 18.9 Å². The molecule has 1 unspecified atom stereocenters. The molecule has 2 heterocycles. The van der Waals surface area contributed by atoms with Crippen LogP contribution in [0.2, 0.25) is 0 Å². The molecule has 174 valence electrons. The second kappa shape index (κ2) is 11.5. The summed E-state index contributed by atoms with van der Waals surface area (Å²) in [6.45, 7) is 5.72. The summed E-state index contributed by atoms with van der Waals surface area (Å²) in [5.74, 6) is 0.906. The minimum atomic E-state index is -0.396. The standard InChI is InChI=1S/C22H29N3O5S2/c1-4-30-21(28)12-25-17-8-7-16(29-3)10-18(17)32-22(25)23-19(26)13-31-14-20(27)24-9-5-6-15(2)11-24/h7-8,10,15H,4-6,9,11-14H2,1-3H3. The fourth-order valence-electron chi connectivity index (χ4n) is 3.63. The maximum absolute atomic E-state index is 12.5. The van der Waals surface area contributed by atoms with Crippen molar-refractivity contribution in [2.75, 3.05) is 38.3 Å². The largest absolute Gasteiger partial charge is 0.497 e. The van der Waals surface area contributed by atoms with Gasteiger partial charge in [-0.05, 0) is 43.9 Å². The molecular formula is C22H29N3O5S2. The first-order chi connectivity index (χ1) is 15.4. The van der Waals surface area contributed by atoms with Crippen LogP contribution in [0.1, 0.15) is 26.7 Å². The fourth-order valence-corrected chi connectivity index (χ4v) is 5.40. The van der Waals surface area contributed by atoms with Gasteiger partial charge >= 0.3 is 5.97 Å². The van der Waals surface area contributed by atoms with Crippen molar-refractivity contribution < 1.29 is 23.9 Å². The molecule has 0 saturated carbocycles. The molecule has 8 nitrogen and oxygen atoms in total. The highest BCUT2D eigenvalue weighted by Gasteiger charge is 2.21. The maximum atomic E-state index is 12.5. The van der Waals surface area contributed by atoms with Crippen molar-refractivity contribution in [3.05, 3.63) is 23.0 Å². The van der Waals surface area contributed by atoms with Crippen molar-refractivity contribution in [3.8, 4) is 5.75 Å². The van der Waals surface area contributed by atoms with Crippen LogP contribution in [0.5, 0.6) is 5.75 Å². The molecule has 10 heteroatoms. The third-order valence-corrected chi connectivity index (χ3v) is 7.11. The van der Waals surface area contributed by atoms with Crippen LogP contribution in [-0.4, -0.2) is 65.6 Å². The van der Waals surface area contributed by atoms with Gasteiger partial charge in [0, 0.05) is 13.1 Å². The Bertz CT molecular complexity index is 1050. The number of hydrogen-bond donors (Lipinski definition) is 0. The average Bonchev–Trinajstić information content (AvgIpc) is 3.09. The average molecular weight is 480 g/mol. The van der Waals surface area contributed by atoms with Crippen LogP contribution >= 0.6 is 23.1 Å². The van der Waals surface area contributed by atoms with Crippen molar-refractivity contribution in [2.45, 2.75) is 33.2 Å². The summed E-state index contributed by atoms with van der Waals surface area (Å²) in [5.41, 5.74) is 0.775. The van der Waals surface area contributed by atoms with Crippen molar-refractivity contribution >= 4 is 51.1 Å². The summed E-state index contributed by atoms with van der Waals surface area (Å²) < 4.78 is 12.9. The highest BCUT2D eigenvalue weighted by molar-refractivity contribution is 8.00. The van der Waals surface area contributed by atoms with Crippen LogP contribution in [0, 0.1) is 5.92 Å². The predicted octanol–water partition coefficient (Wildman–Crippen LogP) is 2.69. The first-order valence-electron chi connectivity index (χ1n) is 10.7. The number of esters is 1. The van der Waals surface area contributed by atoms with E-state index < -0.39 is 5.97 Å². The lowest BCUT2D eigenvalue weighted by atomic mass is 10.0. The molecule has 1 aromatic heterocycles. The minimum Gasteiger partial charge on any atom is -0.497 e. The Kier molecular flexibility index (Phi) is 8.75. The van der Waals surface area contributed by atoms with Gasteiger partial charge in [0.1, 0.15) is 12.3 Å². The van der Waals surface area contributed by atoms with Crippen LogP contribution < -0.4 is 9.54 Å². The van der Waals surface area contributed by atoms with E-state index in [0.717, 1.165) is 36.1 Å². The second-order valence-electron chi connectivity index (χ2n) is 7.69. The lowest BCUT2D eigenvalue weighted by Gasteiger charge is -2.30. The molecule has 3 rings (SSSR count). The zero-order chi connectivity index (χ0) is 23.1. The molecule has 1 fully saturated rings. The molecule has 2 amide bonds. The Balaban J connectivity index is 1.71. The van der Waals surface area contributed by atoms with E-state index in [9.17, 15) is 14.4 Å². The van der Waals surface area contributed by atoms with Gasteiger partial charge in [-0.25, -0.2) is 0 Å². The van der Waals surface area contributed by atoms with E-state index in [1.165, 1.54) is 23.1 Å². The zero-order valence-electron chi connectivity index (χ0n) is 18.7. The molecule has 32 heavy (non-hydrogen) atoms. The number of carbonyl (C=O) groups excluding carboxylic acids is 3. The number of piperidine rings is 1. The molecule has 1 aromatic carbocycles. The Morgan fingerprint density at radius 2 is 2.09 bits per heavy atom. The molecule has 1 saturated heterocycles. The number of amides is 2. The first kappa shape index (κ1) is 24.3. The maximum Gasteiger partial charge on any atom is 0.326 e. The number of nitrogens with zero attached hydrogens (tertiary/aromatic N) is 3. The van der Waals surface area contributed by atoms with Gasteiger partial charge in [0.2, 0.25) is 5.91 Å². The molecule has 1 atom stereocenters. The quantitative estimate of drug-likeness (QED) is 0.541. The van der Waals surface area contributed by atoms with Crippen LogP contribution in [0.3, 0.4) is 0 Å². The SMILES string of the molecule is CCOC(=O)Cn1c(=NC(=O)CSCC(=O)N2CCCC(C)C2)sc2cc(OC)ccc21. The van der Waals surface area contributed by atoms with E-state index in [1.807, 2.05) is 17.0 Å². The van der Waals surface area contributed by atoms with Gasteiger partial charge in [0.05, 0.1) is 35.4 Å². The van der Waals surface area contributed by atoms with Gasteiger partial charge in [0.25, 0.3) is 5.91 Å². The molecule has 2 aromatic rings. The smallest absolute Gasteiger partial charge is 0.326 e. The molecule has 1 aliphatic heterocycles. The number of benzene rings is 1. The van der Waals surface area contributed by atoms with Gasteiger partial charge in [-0.3, -0.25) is 14.4 Å². The number of aromatic nitrogens is 1. The summed E-state index contributed by atoms with van der Waals surface area (Å²) in [6.07, 6.45) is 2.18. The van der Waals surface area contributed by atoms with Gasteiger partial charge in [-0.2, -0.15) is 4.99 Å². The van der Waals surface area contributed by atoms with E-state index in [4.69, 9.17) is 9.47 Å². The number of fused-ring (bicyclic) bond motifs is 1. The summed E-state index contributed by atoms with van der Waals surface area (Å²) in [5, 5.41) is 0. The minimum absolute atomic E-state index is 0.0367. The number of carbonyl (C=O) groups is 3. The topological polar surface area (TPSA) is 90.2 Å². The summed E-state index contributed by atoms with van der Waals surface area (Å²) in [7, 11) is 1.58. The van der Waals surface area contributed by atoms with E-state index in [0.29, 0.717) is 16.5 Å². The number of methoxy groups -OCH3 is 1. The Hall–Kier alpha value is -2.33. The van der Waals surface area contributed by atoms with Gasteiger partial charge in [-0.15, -0.1) is 11.8 Å². The van der Waals surface area contributed by atoms with E-state index in [-0.39, 0.29) is 36.5 Å². The van der Waals surface area contributed by atoms with Gasteiger partial charge in [-0.1, -0.05) is 18.3 Å². The molecule has 1 aliphatic rings. The van der Waals surface area contributed by atoms with Crippen LogP contribution in [0.4, 0.5) is 0 Å². The van der Waals surface area contributed by atoms with E-state index in [2.05, 4.69) is 11.9 Å². The normalized spacial score (nSPS) is 16.9. The Morgan fingerprint density at radius 3 is 2.81 bits per heavy atom. The lowest BCUT2D eigenvalue weighted by molar-refractivity contribution is -0.143. The van der Waals surface area contributed by atoms with Gasteiger partial charge in [0.15, 0.2) is 4.80 Å². The van der Waals surface area contributed by atoms with Crippen LogP contribution in [-0.2, 0) is 25.7 Å². The lowest BCUT2D eigenvalue weighted by Crippen LogP contribution is -2.40. The molecule has 0 N–H and O–H groups in total. The number of thiazole rings is 1. The number of ether oxygens (including phenoxy) is 2. The fraction of sp³-hybridized carbons (Fsp3) is 0.545. The summed E-state index contributed by atoms with van der Waals surface area (Å²) in [6, 6.07) is 5.48. The van der Waals surface area contributed by atoms with Crippen LogP contribution in [0.15, 0.2) is 23.2 Å². The summed E-state index contributed by atoms with van der Waals surface area (Å²) in [4.78, 5) is 43.6. The Morgan fingerprint density at radius 1 is 1.28 bits per heavy atom. The summed E-state index contributed by atoms with van der Waals surface area (Å²) >= 11 is 2.58. The highest BCUT2D eigenvalue weighted by Crippen LogP contribution is 2.23. The second-order valence-corrected chi connectivity index (χ2v) is 9.69. The predicted molar refractivity (Wildman–Crippen MR) is 126 cm³/mol. The van der Waals surface area contributed by atoms with Crippen molar-refractivity contribution in [1.29, 1.82) is 0 Å². The Labute approximate surface area is 195 Å². The van der Waals surface area contributed by atoms with Crippen LogP contribution in [0.25, 0.3) is 10.2 Å². The van der Waals surface area contributed by atoms with E-state index in [1.54, 1.807) is 24.7 Å². The highest BCUT2D eigenvalue weighted by atomic mass is 32.2. The zero-order valence-corrected chi connectivity index (χ0v) is 20.3. The number of hydrogen-bond acceptors (Lipinski definition) is 7. The number of thioether (sulfide) groups is 1. The van der Waals surface area contributed by atoms with Crippen molar-refractivity contribution in [1.82, 2.24) is 9.47 Å². The van der Waals surface area contributed by atoms with Crippen molar-refractivity contribution in [3.63, 3.8) is 0 Å². The monoisotopic (exact) mass is 479 g/mol. The third-order valence-electron chi connectivity index (χ3n) is 5.16.